The van der Waals surface area contributed by atoms with Crippen molar-refractivity contribution in [2.24, 2.45) is 0 Å². The molecule has 0 spiro atoms. The summed E-state index contributed by atoms with van der Waals surface area (Å²) in [7, 11) is 7.14. The molecule has 0 saturated carbocycles. The van der Waals surface area contributed by atoms with Crippen LogP contribution in [0.4, 0.5) is 0 Å². The van der Waals surface area contributed by atoms with E-state index in [0.717, 1.165) is 55.9 Å². The number of hydrogen-bond donors (Lipinski definition) is 0. The van der Waals surface area contributed by atoms with Crippen LogP contribution >= 0.6 is 0 Å². The lowest BCUT2D eigenvalue weighted by Gasteiger charge is -2.35. The van der Waals surface area contributed by atoms with E-state index in [2.05, 4.69) is 24.1 Å². The van der Waals surface area contributed by atoms with E-state index in [4.69, 9.17) is 18.9 Å². The minimum absolute atomic E-state index is 0.287. The molecule has 168 valence electrons. The van der Waals surface area contributed by atoms with Crippen LogP contribution in [0, 0.1) is 0 Å². The number of ether oxygens (including phenoxy) is 4. The highest BCUT2D eigenvalue weighted by Gasteiger charge is 2.26. The molecule has 6 heteroatoms. The van der Waals surface area contributed by atoms with Crippen molar-refractivity contribution in [3.63, 3.8) is 0 Å². The second-order valence-corrected chi connectivity index (χ2v) is 7.87. The predicted molar refractivity (Wildman–Crippen MR) is 120 cm³/mol. The molecule has 0 radical (unpaired) electrons. The third-order valence-corrected chi connectivity index (χ3v) is 5.95. The number of carbonyl (C=O) groups excluding carboxylic acids is 1. The van der Waals surface area contributed by atoms with Gasteiger partial charge in [0.05, 0.1) is 33.5 Å². The van der Waals surface area contributed by atoms with E-state index < -0.39 is 0 Å². The average Bonchev–Trinajstić information content (AvgIpc) is 2.81. The van der Waals surface area contributed by atoms with Gasteiger partial charge in [0.2, 0.25) is 0 Å². The van der Waals surface area contributed by atoms with Crippen LogP contribution in [-0.2, 0) is 11.2 Å². The molecule has 3 rings (SSSR count). The Morgan fingerprint density at radius 1 is 0.968 bits per heavy atom. The first-order valence-corrected chi connectivity index (χ1v) is 10.8. The summed E-state index contributed by atoms with van der Waals surface area (Å²) in [5, 5.41) is 0. The number of hydrogen-bond acceptors (Lipinski definition) is 6. The molecule has 0 fully saturated rings. The highest BCUT2D eigenvalue weighted by atomic mass is 16.5. The van der Waals surface area contributed by atoms with Gasteiger partial charge in [0, 0.05) is 12.6 Å². The molecule has 1 aliphatic rings. The van der Waals surface area contributed by atoms with Crippen molar-refractivity contribution in [1.82, 2.24) is 4.90 Å². The van der Waals surface area contributed by atoms with E-state index >= 15 is 0 Å². The number of unbranched alkanes of at least 4 members (excludes halogenated alkanes) is 2. The summed E-state index contributed by atoms with van der Waals surface area (Å²) in [5.74, 6) is 2.02. The summed E-state index contributed by atoms with van der Waals surface area (Å²) in [5.41, 5.74) is 3.22. The number of nitrogens with zero attached hydrogens (tertiary/aromatic N) is 1. The maximum absolute atomic E-state index is 12.1. The number of likely N-dealkylation sites (N-methyl/N-ethyl adjacent to an activating group) is 1. The van der Waals surface area contributed by atoms with Crippen LogP contribution in [-0.4, -0.2) is 52.4 Å². The molecular formula is C25H33NO5. The molecule has 1 aliphatic heterocycles. The first-order valence-electron chi connectivity index (χ1n) is 10.8. The predicted octanol–water partition coefficient (Wildman–Crippen LogP) is 4.66. The summed E-state index contributed by atoms with van der Waals surface area (Å²) in [6.45, 7) is 1.47. The molecule has 2 aromatic carbocycles. The van der Waals surface area contributed by atoms with Crippen molar-refractivity contribution in [3.05, 3.63) is 53.1 Å². The van der Waals surface area contributed by atoms with Gasteiger partial charge in [-0.1, -0.05) is 6.42 Å². The molecule has 1 heterocycles. The Kier molecular flexibility index (Phi) is 8.18. The van der Waals surface area contributed by atoms with Gasteiger partial charge < -0.3 is 18.9 Å². The Morgan fingerprint density at radius 3 is 2.35 bits per heavy atom. The highest BCUT2D eigenvalue weighted by Crippen LogP contribution is 2.39. The van der Waals surface area contributed by atoms with Gasteiger partial charge in [-0.3, -0.25) is 4.90 Å². The fourth-order valence-electron chi connectivity index (χ4n) is 4.12. The molecule has 0 aliphatic carbocycles. The van der Waals surface area contributed by atoms with E-state index in [1.165, 1.54) is 11.1 Å². The van der Waals surface area contributed by atoms with Crippen molar-refractivity contribution in [3.8, 4) is 17.2 Å². The number of fused-ring (bicyclic) bond motifs is 1. The Morgan fingerprint density at radius 2 is 1.68 bits per heavy atom. The maximum atomic E-state index is 12.1. The lowest BCUT2D eigenvalue weighted by atomic mass is 9.89. The molecule has 0 saturated heterocycles. The molecule has 1 unspecified atom stereocenters. The first-order chi connectivity index (χ1) is 15.1. The first kappa shape index (κ1) is 22.9. The number of methoxy groups -OCH3 is 3. The van der Waals surface area contributed by atoms with Crippen molar-refractivity contribution in [1.29, 1.82) is 0 Å². The minimum Gasteiger partial charge on any atom is -0.497 e. The van der Waals surface area contributed by atoms with Crippen molar-refractivity contribution < 1.29 is 23.7 Å². The highest BCUT2D eigenvalue weighted by molar-refractivity contribution is 5.89. The Balaban J connectivity index is 1.47. The average molecular weight is 428 g/mol. The number of benzene rings is 2. The second kappa shape index (κ2) is 11.0. The van der Waals surface area contributed by atoms with Gasteiger partial charge in [-0.2, -0.15) is 0 Å². The molecule has 6 nitrogen and oxygen atoms in total. The quantitative estimate of drug-likeness (QED) is 0.406. The van der Waals surface area contributed by atoms with Crippen LogP contribution in [0.2, 0.25) is 0 Å². The SMILES string of the molecule is COc1ccc(C(=O)OCCCCCC2c3cc(OC)c(OC)cc3CCN2C)cc1. The molecule has 31 heavy (non-hydrogen) atoms. The number of rotatable bonds is 10. The molecule has 0 aromatic heterocycles. The van der Waals surface area contributed by atoms with Gasteiger partial charge in [0.1, 0.15) is 5.75 Å². The van der Waals surface area contributed by atoms with Crippen LogP contribution in [0.3, 0.4) is 0 Å². The maximum Gasteiger partial charge on any atom is 0.338 e. The zero-order valence-electron chi connectivity index (χ0n) is 19.0. The lowest BCUT2D eigenvalue weighted by molar-refractivity contribution is 0.0497. The summed E-state index contributed by atoms with van der Waals surface area (Å²) in [6, 6.07) is 11.6. The molecular weight excluding hydrogens is 394 g/mol. The summed E-state index contributed by atoms with van der Waals surface area (Å²) >= 11 is 0. The van der Waals surface area contributed by atoms with Crippen LogP contribution in [0.5, 0.6) is 17.2 Å². The number of esters is 1. The summed E-state index contributed by atoms with van der Waals surface area (Å²) in [6.07, 6.45) is 5.03. The van der Waals surface area contributed by atoms with Crippen molar-refractivity contribution >= 4 is 5.97 Å². The Bertz CT molecular complexity index is 865. The van der Waals surface area contributed by atoms with Gasteiger partial charge in [0.25, 0.3) is 0 Å². The van der Waals surface area contributed by atoms with E-state index in [1.54, 1.807) is 45.6 Å². The lowest BCUT2D eigenvalue weighted by Crippen LogP contribution is -2.32. The molecule has 0 amide bonds. The van der Waals surface area contributed by atoms with E-state index in [1.807, 2.05) is 0 Å². The normalized spacial score (nSPS) is 15.8. The molecule has 1 atom stereocenters. The fraction of sp³-hybridized carbons (Fsp3) is 0.480. The van der Waals surface area contributed by atoms with Gasteiger partial charge in [-0.05, 0) is 80.3 Å². The standard InChI is InChI=1S/C25H33NO5/c1-26-14-13-19-16-23(29-3)24(30-4)17-21(19)22(26)8-6-5-7-15-31-25(27)18-9-11-20(28-2)12-10-18/h9-12,16-17,22H,5-8,13-15H2,1-4H3. The second-order valence-electron chi connectivity index (χ2n) is 7.87. The smallest absolute Gasteiger partial charge is 0.338 e. The van der Waals surface area contributed by atoms with Crippen LogP contribution < -0.4 is 14.2 Å². The van der Waals surface area contributed by atoms with Gasteiger partial charge in [-0.25, -0.2) is 4.79 Å². The molecule has 0 N–H and O–H groups in total. The summed E-state index contributed by atoms with van der Waals surface area (Å²) < 4.78 is 21.5. The molecule has 2 aromatic rings. The van der Waals surface area contributed by atoms with Gasteiger partial charge >= 0.3 is 5.97 Å². The van der Waals surface area contributed by atoms with E-state index in [9.17, 15) is 4.79 Å². The third kappa shape index (κ3) is 5.70. The Hall–Kier alpha value is -2.73. The monoisotopic (exact) mass is 427 g/mol. The largest absolute Gasteiger partial charge is 0.497 e. The van der Waals surface area contributed by atoms with Crippen molar-refractivity contribution in [2.45, 2.75) is 38.1 Å². The molecule has 0 bridgehead atoms. The Labute approximate surface area is 185 Å². The van der Waals surface area contributed by atoms with E-state index in [0.29, 0.717) is 18.2 Å². The topological polar surface area (TPSA) is 57.2 Å². The van der Waals surface area contributed by atoms with E-state index in [-0.39, 0.29) is 5.97 Å². The van der Waals surface area contributed by atoms with Crippen LogP contribution in [0.1, 0.15) is 53.2 Å². The van der Waals surface area contributed by atoms with Gasteiger partial charge in [-0.15, -0.1) is 0 Å². The van der Waals surface area contributed by atoms with Crippen molar-refractivity contribution in [2.75, 3.05) is 41.5 Å². The zero-order valence-corrected chi connectivity index (χ0v) is 19.0. The third-order valence-electron chi connectivity index (χ3n) is 5.95. The van der Waals surface area contributed by atoms with Crippen LogP contribution in [0.15, 0.2) is 36.4 Å². The van der Waals surface area contributed by atoms with Crippen LogP contribution in [0.25, 0.3) is 0 Å². The minimum atomic E-state index is -0.287. The summed E-state index contributed by atoms with van der Waals surface area (Å²) in [4.78, 5) is 14.5. The zero-order chi connectivity index (χ0) is 22.2. The van der Waals surface area contributed by atoms with Gasteiger partial charge in [0.15, 0.2) is 11.5 Å². The fourth-order valence-corrected chi connectivity index (χ4v) is 4.12. The number of carbonyl (C=O) groups is 1.